The molecule has 90 valence electrons. The Morgan fingerprint density at radius 3 is 2.88 bits per heavy atom. The minimum absolute atomic E-state index is 0.242. The summed E-state index contributed by atoms with van der Waals surface area (Å²) >= 11 is 11.2. The topological polar surface area (TPSA) is 21.3 Å². The molecule has 1 N–H and O–H groups in total. The highest BCUT2D eigenvalue weighted by Crippen LogP contribution is 2.39. The fourth-order valence-corrected chi connectivity index (χ4v) is 4.02. The van der Waals surface area contributed by atoms with Gasteiger partial charge in [-0.2, -0.15) is 0 Å². The molecular weight excluding hydrogens is 310 g/mol. The van der Waals surface area contributed by atoms with Gasteiger partial charge in [0.2, 0.25) is 0 Å². The number of hydrogen-bond donors (Lipinski definition) is 1. The second kappa shape index (κ2) is 5.36. The third-order valence-electron chi connectivity index (χ3n) is 3.05. The minimum atomic E-state index is 0.242. The molecule has 2 rings (SSSR count). The summed E-state index contributed by atoms with van der Waals surface area (Å²) in [6, 6.07) is 2.26. The first-order chi connectivity index (χ1) is 7.63. The zero-order valence-electron chi connectivity index (χ0n) is 9.30. The quantitative estimate of drug-likeness (QED) is 0.912. The Kier molecular flexibility index (Phi) is 4.30. The summed E-state index contributed by atoms with van der Waals surface area (Å²) in [5.41, 5.74) is 0. The number of hydrogen-bond acceptors (Lipinski definition) is 3. The van der Waals surface area contributed by atoms with Gasteiger partial charge < -0.3 is 10.1 Å². The van der Waals surface area contributed by atoms with Crippen molar-refractivity contribution in [1.82, 2.24) is 5.32 Å². The van der Waals surface area contributed by atoms with Crippen LogP contribution in [0.3, 0.4) is 0 Å². The van der Waals surface area contributed by atoms with E-state index in [9.17, 15) is 0 Å². The van der Waals surface area contributed by atoms with Gasteiger partial charge in [0.05, 0.1) is 21.0 Å². The summed E-state index contributed by atoms with van der Waals surface area (Å²) in [6.45, 7) is 3.11. The van der Waals surface area contributed by atoms with Crippen LogP contribution in [0.5, 0.6) is 0 Å². The fraction of sp³-hybridized carbons (Fsp3) is 0.636. The standard InChI is InChI=1S/C11H15BrClNOS/c1-6-3-4-15-10(6)9(14-2)8-5-7(13)11(12)16-8/h5-6,9-10,14H,3-4H2,1-2H3. The molecule has 0 spiro atoms. The van der Waals surface area contributed by atoms with Crippen LogP contribution in [0.15, 0.2) is 9.85 Å². The molecular formula is C11H15BrClNOS. The Morgan fingerprint density at radius 2 is 2.44 bits per heavy atom. The van der Waals surface area contributed by atoms with E-state index in [1.165, 1.54) is 4.88 Å². The van der Waals surface area contributed by atoms with E-state index in [2.05, 4.69) is 28.2 Å². The second-order valence-corrected chi connectivity index (χ2v) is 6.95. The van der Waals surface area contributed by atoms with Gasteiger partial charge in [0.1, 0.15) is 0 Å². The third-order valence-corrected chi connectivity index (χ3v) is 5.61. The molecule has 0 aromatic carbocycles. The first-order valence-corrected chi connectivity index (χ1v) is 7.36. The maximum Gasteiger partial charge on any atom is 0.0888 e. The highest BCUT2D eigenvalue weighted by Gasteiger charge is 2.33. The maximum absolute atomic E-state index is 6.07. The van der Waals surface area contributed by atoms with Crippen molar-refractivity contribution in [1.29, 1.82) is 0 Å². The summed E-state index contributed by atoms with van der Waals surface area (Å²) in [5.74, 6) is 0.595. The molecule has 3 unspecified atom stereocenters. The van der Waals surface area contributed by atoms with Crippen LogP contribution in [0.25, 0.3) is 0 Å². The number of nitrogens with one attached hydrogen (secondary N) is 1. The monoisotopic (exact) mass is 323 g/mol. The highest BCUT2D eigenvalue weighted by atomic mass is 79.9. The molecule has 0 bridgehead atoms. The molecule has 2 nitrogen and oxygen atoms in total. The Balaban J connectivity index is 2.21. The van der Waals surface area contributed by atoms with Crippen molar-refractivity contribution in [3.05, 3.63) is 19.8 Å². The Bertz CT molecular complexity index is 351. The average molecular weight is 325 g/mol. The minimum Gasteiger partial charge on any atom is -0.376 e. The largest absolute Gasteiger partial charge is 0.376 e. The molecule has 0 amide bonds. The van der Waals surface area contributed by atoms with Gasteiger partial charge in [-0.3, -0.25) is 0 Å². The van der Waals surface area contributed by atoms with Crippen molar-refractivity contribution in [2.45, 2.75) is 25.5 Å². The number of thiophene rings is 1. The molecule has 2 heterocycles. The summed E-state index contributed by atoms with van der Waals surface area (Å²) in [5, 5.41) is 4.12. The van der Waals surface area contributed by atoms with Crippen molar-refractivity contribution in [3.63, 3.8) is 0 Å². The van der Waals surface area contributed by atoms with E-state index in [4.69, 9.17) is 16.3 Å². The molecule has 1 saturated heterocycles. The van der Waals surface area contributed by atoms with E-state index in [1.807, 2.05) is 13.1 Å². The maximum atomic E-state index is 6.07. The zero-order valence-corrected chi connectivity index (χ0v) is 12.5. The van der Waals surface area contributed by atoms with Crippen molar-refractivity contribution in [2.24, 2.45) is 5.92 Å². The first-order valence-electron chi connectivity index (χ1n) is 5.37. The van der Waals surface area contributed by atoms with E-state index in [1.54, 1.807) is 11.3 Å². The smallest absolute Gasteiger partial charge is 0.0888 e. The molecule has 1 aromatic heterocycles. The summed E-state index contributed by atoms with van der Waals surface area (Å²) in [6.07, 6.45) is 1.40. The molecule has 3 atom stereocenters. The average Bonchev–Trinajstić information content (AvgIpc) is 2.78. The summed E-state index contributed by atoms with van der Waals surface area (Å²) in [7, 11) is 1.97. The Labute approximate surface area is 113 Å². The van der Waals surface area contributed by atoms with E-state index < -0.39 is 0 Å². The van der Waals surface area contributed by atoms with Crippen LogP contribution in [0.1, 0.15) is 24.3 Å². The van der Waals surface area contributed by atoms with Crippen molar-refractivity contribution in [2.75, 3.05) is 13.7 Å². The van der Waals surface area contributed by atoms with Crippen molar-refractivity contribution in [3.8, 4) is 0 Å². The molecule has 1 aromatic rings. The lowest BCUT2D eigenvalue weighted by Crippen LogP contribution is -2.31. The van der Waals surface area contributed by atoms with Gasteiger partial charge in [0, 0.05) is 11.5 Å². The van der Waals surface area contributed by atoms with E-state index in [0.717, 1.165) is 21.8 Å². The second-order valence-electron chi connectivity index (χ2n) is 4.14. The van der Waals surface area contributed by atoms with Gasteiger partial charge in [-0.25, -0.2) is 0 Å². The molecule has 0 radical (unpaired) electrons. The fourth-order valence-electron chi connectivity index (χ4n) is 2.13. The van der Waals surface area contributed by atoms with Gasteiger partial charge >= 0.3 is 0 Å². The van der Waals surface area contributed by atoms with Gasteiger partial charge in [0.25, 0.3) is 0 Å². The highest BCUT2D eigenvalue weighted by molar-refractivity contribution is 9.11. The van der Waals surface area contributed by atoms with Crippen molar-refractivity contribution < 1.29 is 4.74 Å². The van der Waals surface area contributed by atoms with Crippen molar-refractivity contribution >= 4 is 38.9 Å². The number of likely N-dealkylation sites (N-methyl/N-ethyl adjacent to an activating group) is 1. The lowest BCUT2D eigenvalue weighted by molar-refractivity contribution is 0.0641. The van der Waals surface area contributed by atoms with Crippen LogP contribution in [-0.4, -0.2) is 19.8 Å². The van der Waals surface area contributed by atoms with Crippen LogP contribution in [0.2, 0.25) is 5.02 Å². The molecule has 16 heavy (non-hydrogen) atoms. The number of halogens is 2. The molecule has 1 fully saturated rings. The molecule has 1 aliphatic heterocycles. The molecule has 0 aliphatic carbocycles. The first kappa shape index (κ1) is 12.8. The molecule has 1 aliphatic rings. The summed E-state index contributed by atoms with van der Waals surface area (Å²) < 4.78 is 6.80. The van der Waals surface area contributed by atoms with E-state index >= 15 is 0 Å². The molecule has 5 heteroatoms. The van der Waals surface area contributed by atoms with Crippen LogP contribution in [0.4, 0.5) is 0 Å². The predicted molar refractivity (Wildman–Crippen MR) is 72.4 cm³/mol. The Hall–Kier alpha value is 0.390. The van der Waals surface area contributed by atoms with Gasteiger partial charge in [-0.1, -0.05) is 18.5 Å². The van der Waals surface area contributed by atoms with Gasteiger partial charge in [-0.15, -0.1) is 11.3 Å². The Morgan fingerprint density at radius 1 is 1.69 bits per heavy atom. The van der Waals surface area contributed by atoms with E-state index in [0.29, 0.717) is 5.92 Å². The normalized spacial score (nSPS) is 27.2. The zero-order chi connectivity index (χ0) is 11.7. The molecule has 0 saturated carbocycles. The van der Waals surface area contributed by atoms with Gasteiger partial charge in [-0.05, 0) is 41.4 Å². The number of ether oxygens (including phenoxy) is 1. The lowest BCUT2D eigenvalue weighted by atomic mass is 9.97. The third kappa shape index (κ3) is 2.46. The van der Waals surface area contributed by atoms with Crippen LogP contribution in [0, 0.1) is 5.92 Å². The number of rotatable bonds is 3. The van der Waals surface area contributed by atoms with Crippen LogP contribution in [-0.2, 0) is 4.74 Å². The predicted octanol–water partition coefficient (Wildman–Crippen LogP) is 3.85. The van der Waals surface area contributed by atoms with Crippen LogP contribution < -0.4 is 5.32 Å². The SMILES string of the molecule is CNC(c1cc(Cl)c(Br)s1)C1OCCC1C. The summed E-state index contributed by atoms with van der Waals surface area (Å²) in [4.78, 5) is 1.23. The van der Waals surface area contributed by atoms with Gasteiger partial charge in [0.15, 0.2) is 0 Å². The van der Waals surface area contributed by atoms with Crippen LogP contribution >= 0.6 is 38.9 Å². The van der Waals surface area contributed by atoms with E-state index in [-0.39, 0.29) is 12.1 Å². The lowest BCUT2D eigenvalue weighted by Gasteiger charge is -2.24.